The van der Waals surface area contributed by atoms with Gasteiger partial charge in [0.05, 0.1) is 17.6 Å². The van der Waals surface area contributed by atoms with Crippen LogP contribution in [0.15, 0.2) is 48.0 Å². The number of para-hydroxylation sites is 1. The lowest BCUT2D eigenvalue weighted by Crippen LogP contribution is -2.34. The van der Waals surface area contributed by atoms with Crippen LogP contribution in [0, 0.1) is 5.82 Å². The number of benzene rings is 1. The van der Waals surface area contributed by atoms with Gasteiger partial charge in [-0.3, -0.25) is 0 Å². The van der Waals surface area contributed by atoms with Crippen molar-refractivity contribution in [2.45, 2.75) is 44.6 Å². The van der Waals surface area contributed by atoms with Crippen molar-refractivity contribution in [2.75, 3.05) is 35.3 Å². The highest BCUT2D eigenvalue weighted by atomic mass is 32.1. The number of anilines is 4. The first-order chi connectivity index (χ1) is 15.0. The third-order valence-corrected chi connectivity index (χ3v) is 6.33. The number of nitrogens with zero attached hydrogens (tertiary/aromatic N) is 3. The van der Waals surface area contributed by atoms with Crippen LogP contribution in [-0.4, -0.2) is 29.6 Å². The van der Waals surface area contributed by atoms with E-state index in [4.69, 9.17) is 11.5 Å². The molecule has 8 heteroatoms. The number of nitrogen functional groups attached to an aromatic ring is 2. The molecule has 0 bridgehead atoms. The first kappa shape index (κ1) is 22.8. The summed E-state index contributed by atoms with van der Waals surface area (Å²) in [4.78, 5) is 12.6. The predicted molar refractivity (Wildman–Crippen MR) is 129 cm³/mol. The van der Waals surface area contributed by atoms with Gasteiger partial charge in [0.2, 0.25) is 5.95 Å². The SMILES string of the molecule is CN(c1nc(NCCc2cccs2)ncc1N)C1CCCCC1.Nc1ccccc1F. The van der Waals surface area contributed by atoms with Crippen molar-refractivity contribution in [1.82, 2.24) is 9.97 Å². The number of aromatic nitrogens is 2. The van der Waals surface area contributed by atoms with Gasteiger partial charge in [-0.25, -0.2) is 9.37 Å². The van der Waals surface area contributed by atoms with Crippen LogP contribution in [0.1, 0.15) is 37.0 Å². The first-order valence-electron chi connectivity index (χ1n) is 10.7. The molecule has 2 aromatic heterocycles. The third kappa shape index (κ3) is 6.82. The summed E-state index contributed by atoms with van der Waals surface area (Å²) in [6, 6.07) is 10.9. The summed E-state index contributed by atoms with van der Waals surface area (Å²) < 4.78 is 12.2. The van der Waals surface area contributed by atoms with E-state index in [0.717, 1.165) is 18.8 Å². The van der Waals surface area contributed by atoms with Crippen molar-refractivity contribution < 1.29 is 4.39 Å². The average Bonchev–Trinajstić information content (AvgIpc) is 3.31. The lowest BCUT2D eigenvalue weighted by atomic mass is 9.94. The number of hydrogen-bond donors (Lipinski definition) is 3. The number of halogens is 1. The minimum absolute atomic E-state index is 0.201. The summed E-state index contributed by atoms with van der Waals surface area (Å²) in [5.41, 5.74) is 12.1. The second kappa shape index (κ2) is 11.5. The molecule has 2 heterocycles. The third-order valence-electron chi connectivity index (χ3n) is 5.39. The van der Waals surface area contributed by atoms with E-state index in [2.05, 4.69) is 44.7 Å². The van der Waals surface area contributed by atoms with E-state index < -0.39 is 0 Å². The van der Waals surface area contributed by atoms with Gasteiger partial charge >= 0.3 is 0 Å². The highest BCUT2D eigenvalue weighted by Gasteiger charge is 2.21. The molecule has 6 nitrogen and oxygen atoms in total. The van der Waals surface area contributed by atoms with Gasteiger partial charge in [-0.1, -0.05) is 37.5 Å². The molecule has 4 rings (SSSR count). The van der Waals surface area contributed by atoms with E-state index in [9.17, 15) is 4.39 Å². The van der Waals surface area contributed by atoms with Crippen LogP contribution in [0.4, 0.5) is 27.5 Å². The standard InChI is InChI=1S/C17H25N5S.C6H6FN/c1-22(13-6-3-2-4-7-13)16-15(18)12-20-17(21-16)19-10-9-14-8-5-11-23-14;7-5-3-1-2-4-6(5)8/h5,8,11-13H,2-4,6-7,9-10,18H2,1H3,(H,19,20,21);1-4H,8H2. The Balaban J connectivity index is 0.000000287. The zero-order valence-corrected chi connectivity index (χ0v) is 18.7. The van der Waals surface area contributed by atoms with Gasteiger partial charge in [-0.15, -0.1) is 11.3 Å². The molecular formula is C23H31FN6S. The highest BCUT2D eigenvalue weighted by Crippen LogP contribution is 2.28. The summed E-state index contributed by atoms with van der Waals surface area (Å²) in [5, 5.41) is 5.41. The molecule has 1 aliphatic carbocycles. The topological polar surface area (TPSA) is 93.1 Å². The lowest BCUT2D eigenvalue weighted by Gasteiger charge is -2.32. The molecular weight excluding hydrogens is 411 g/mol. The Kier molecular flexibility index (Phi) is 8.46. The summed E-state index contributed by atoms with van der Waals surface area (Å²) in [6.07, 6.45) is 9.09. The van der Waals surface area contributed by atoms with Crippen molar-refractivity contribution in [3.63, 3.8) is 0 Å². The minimum atomic E-state index is -0.354. The molecule has 0 saturated heterocycles. The van der Waals surface area contributed by atoms with Crippen LogP contribution in [0.5, 0.6) is 0 Å². The molecule has 166 valence electrons. The quantitative estimate of drug-likeness (QED) is 0.468. The molecule has 0 amide bonds. The molecule has 1 saturated carbocycles. The predicted octanol–water partition coefficient (Wildman–Crippen LogP) is 4.95. The van der Waals surface area contributed by atoms with Crippen LogP contribution in [0.2, 0.25) is 0 Å². The molecule has 1 aliphatic rings. The van der Waals surface area contributed by atoms with Gasteiger partial charge in [0, 0.05) is 24.5 Å². The second-order valence-electron chi connectivity index (χ2n) is 7.65. The summed E-state index contributed by atoms with van der Waals surface area (Å²) in [5.74, 6) is 1.16. The molecule has 5 N–H and O–H groups in total. The van der Waals surface area contributed by atoms with Crippen molar-refractivity contribution in [2.24, 2.45) is 0 Å². The fourth-order valence-corrected chi connectivity index (χ4v) is 4.33. The van der Waals surface area contributed by atoms with Crippen molar-refractivity contribution in [1.29, 1.82) is 0 Å². The van der Waals surface area contributed by atoms with Crippen LogP contribution in [0.25, 0.3) is 0 Å². The van der Waals surface area contributed by atoms with E-state index in [1.165, 1.54) is 49.1 Å². The van der Waals surface area contributed by atoms with Crippen LogP contribution < -0.4 is 21.7 Å². The monoisotopic (exact) mass is 442 g/mol. The summed E-state index contributed by atoms with van der Waals surface area (Å²) in [7, 11) is 2.10. The Morgan fingerprint density at radius 1 is 1.10 bits per heavy atom. The van der Waals surface area contributed by atoms with Crippen LogP contribution >= 0.6 is 11.3 Å². The maximum atomic E-state index is 12.2. The molecule has 1 fully saturated rings. The zero-order valence-electron chi connectivity index (χ0n) is 17.9. The molecule has 0 spiro atoms. The van der Waals surface area contributed by atoms with Gasteiger partial charge in [0.25, 0.3) is 0 Å². The number of thiophene rings is 1. The van der Waals surface area contributed by atoms with Gasteiger partial charge in [0.15, 0.2) is 5.82 Å². The Hall–Kier alpha value is -2.87. The van der Waals surface area contributed by atoms with Gasteiger partial charge in [0.1, 0.15) is 5.82 Å². The number of rotatable bonds is 6. The molecule has 0 radical (unpaired) electrons. The summed E-state index contributed by atoms with van der Waals surface area (Å²) in [6.45, 7) is 0.830. The number of nitrogens with two attached hydrogens (primary N) is 2. The fraction of sp³-hybridized carbons (Fsp3) is 0.391. The Labute approximate surface area is 187 Å². The molecule has 0 atom stereocenters. The fourth-order valence-electron chi connectivity index (χ4n) is 3.62. The van der Waals surface area contributed by atoms with E-state index in [0.29, 0.717) is 17.7 Å². The number of hydrogen-bond acceptors (Lipinski definition) is 7. The molecule has 3 aromatic rings. The summed E-state index contributed by atoms with van der Waals surface area (Å²) >= 11 is 1.78. The van der Waals surface area contributed by atoms with Gasteiger partial charge in [-0.2, -0.15) is 4.98 Å². The maximum absolute atomic E-state index is 12.2. The maximum Gasteiger partial charge on any atom is 0.224 e. The lowest BCUT2D eigenvalue weighted by molar-refractivity contribution is 0.426. The highest BCUT2D eigenvalue weighted by molar-refractivity contribution is 7.09. The molecule has 1 aromatic carbocycles. The van der Waals surface area contributed by atoms with E-state index in [1.54, 1.807) is 29.7 Å². The molecule has 0 aliphatic heterocycles. The van der Waals surface area contributed by atoms with Crippen molar-refractivity contribution >= 4 is 34.5 Å². The zero-order chi connectivity index (χ0) is 22.1. The molecule has 0 unspecified atom stereocenters. The van der Waals surface area contributed by atoms with E-state index >= 15 is 0 Å². The largest absolute Gasteiger partial charge is 0.396 e. The Morgan fingerprint density at radius 3 is 2.52 bits per heavy atom. The Morgan fingerprint density at radius 2 is 1.87 bits per heavy atom. The van der Waals surface area contributed by atoms with Crippen molar-refractivity contribution in [3.8, 4) is 0 Å². The Bertz CT molecular complexity index is 907. The van der Waals surface area contributed by atoms with Gasteiger partial charge < -0.3 is 21.7 Å². The van der Waals surface area contributed by atoms with Crippen LogP contribution in [-0.2, 0) is 6.42 Å². The van der Waals surface area contributed by atoms with E-state index in [-0.39, 0.29) is 11.5 Å². The number of nitrogens with one attached hydrogen (secondary N) is 1. The second-order valence-corrected chi connectivity index (χ2v) is 8.69. The first-order valence-corrected chi connectivity index (χ1v) is 11.5. The molecule has 31 heavy (non-hydrogen) atoms. The van der Waals surface area contributed by atoms with E-state index in [1.807, 2.05) is 0 Å². The van der Waals surface area contributed by atoms with Gasteiger partial charge in [-0.05, 0) is 42.8 Å². The normalized spacial score (nSPS) is 13.9. The van der Waals surface area contributed by atoms with Crippen LogP contribution in [0.3, 0.4) is 0 Å². The van der Waals surface area contributed by atoms with Crippen molar-refractivity contribution in [3.05, 3.63) is 58.7 Å². The minimum Gasteiger partial charge on any atom is -0.396 e. The smallest absolute Gasteiger partial charge is 0.224 e. The average molecular weight is 443 g/mol.